The molecule has 2 nitrogen and oxygen atoms in total. The zero-order chi connectivity index (χ0) is 12.7. The standard InChI is InChI=1S/C12H18F2N2S/c1-2-6-17-8-9(16-15)7-10-11(13)4-3-5-12(10)14/h3-5,9,16H,2,6-8,15H2,1H3. The monoisotopic (exact) mass is 260 g/mol. The van der Waals surface area contributed by atoms with E-state index >= 15 is 0 Å². The van der Waals surface area contributed by atoms with Crippen LogP contribution < -0.4 is 11.3 Å². The van der Waals surface area contributed by atoms with Crippen molar-refractivity contribution in [3.8, 4) is 0 Å². The van der Waals surface area contributed by atoms with Crippen molar-refractivity contribution in [2.24, 2.45) is 5.84 Å². The van der Waals surface area contributed by atoms with Crippen molar-refractivity contribution >= 4 is 11.8 Å². The Bertz CT molecular complexity index is 327. The Morgan fingerprint density at radius 1 is 1.35 bits per heavy atom. The number of benzene rings is 1. The van der Waals surface area contributed by atoms with Gasteiger partial charge < -0.3 is 0 Å². The Hall–Kier alpha value is -0.650. The van der Waals surface area contributed by atoms with Crippen molar-refractivity contribution in [3.63, 3.8) is 0 Å². The van der Waals surface area contributed by atoms with Crippen molar-refractivity contribution in [1.82, 2.24) is 5.43 Å². The SMILES string of the molecule is CCCSCC(Cc1c(F)cccc1F)NN. The molecule has 1 unspecified atom stereocenters. The smallest absolute Gasteiger partial charge is 0.129 e. The molecular weight excluding hydrogens is 242 g/mol. The zero-order valence-electron chi connectivity index (χ0n) is 9.88. The van der Waals surface area contributed by atoms with Crippen LogP contribution in [0.5, 0.6) is 0 Å². The van der Waals surface area contributed by atoms with Crippen molar-refractivity contribution in [2.45, 2.75) is 25.8 Å². The number of hydrogen-bond donors (Lipinski definition) is 2. The molecule has 0 heterocycles. The van der Waals surface area contributed by atoms with E-state index in [0.29, 0.717) is 0 Å². The maximum absolute atomic E-state index is 13.4. The van der Waals surface area contributed by atoms with Gasteiger partial charge in [-0.05, 0) is 30.7 Å². The average Bonchev–Trinajstić information content (AvgIpc) is 2.32. The molecule has 0 aliphatic heterocycles. The minimum absolute atomic E-state index is 0.104. The molecule has 0 saturated heterocycles. The second kappa shape index (κ2) is 7.63. The normalized spacial score (nSPS) is 12.7. The molecule has 0 radical (unpaired) electrons. The molecule has 0 amide bonds. The number of halogens is 2. The molecule has 1 atom stereocenters. The minimum Gasteiger partial charge on any atom is -0.271 e. The second-order valence-corrected chi connectivity index (χ2v) is 4.99. The average molecular weight is 260 g/mol. The van der Waals surface area contributed by atoms with Crippen LogP contribution in [0.25, 0.3) is 0 Å². The van der Waals surface area contributed by atoms with Crippen LogP contribution in [0.3, 0.4) is 0 Å². The molecule has 96 valence electrons. The summed E-state index contributed by atoms with van der Waals surface area (Å²) in [5.74, 6) is 6.15. The van der Waals surface area contributed by atoms with Gasteiger partial charge in [-0.2, -0.15) is 11.8 Å². The summed E-state index contributed by atoms with van der Waals surface area (Å²) < 4.78 is 26.8. The quantitative estimate of drug-likeness (QED) is 0.449. The van der Waals surface area contributed by atoms with E-state index in [1.54, 1.807) is 11.8 Å². The van der Waals surface area contributed by atoms with Crippen LogP contribution in [0, 0.1) is 11.6 Å². The second-order valence-electron chi connectivity index (χ2n) is 3.84. The maximum Gasteiger partial charge on any atom is 0.129 e. The van der Waals surface area contributed by atoms with Crippen LogP contribution in [-0.2, 0) is 6.42 Å². The van der Waals surface area contributed by atoms with Gasteiger partial charge in [-0.3, -0.25) is 11.3 Å². The number of thioether (sulfide) groups is 1. The first-order valence-electron chi connectivity index (χ1n) is 5.65. The molecule has 0 aromatic heterocycles. The first-order chi connectivity index (χ1) is 8.19. The van der Waals surface area contributed by atoms with Crippen molar-refractivity contribution < 1.29 is 8.78 Å². The molecule has 0 aliphatic carbocycles. The van der Waals surface area contributed by atoms with E-state index in [1.165, 1.54) is 18.2 Å². The molecule has 3 N–H and O–H groups in total. The van der Waals surface area contributed by atoms with E-state index < -0.39 is 11.6 Å². The summed E-state index contributed by atoms with van der Waals surface area (Å²) in [4.78, 5) is 0. The molecule has 0 spiro atoms. The van der Waals surface area contributed by atoms with Crippen LogP contribution >= 0.6 is 11.8 Å². The van der Waals surface area contributed by atoms with Crippen molar-refractivity contribution in [1.29, 1.82) is 0 Å². The fraction of sp³-hybridized carbons (Fsp3) is 0.500. The van der Waals surface area contributed by atoms with Crippen LogP contribution in [0.4, 0.5) is 8.78 Å². The number of rotatable bonds is 7. The van der Waals surface area contributed by atoms with Gasteiger partial charge in [0.2, 0.25) is 0 Å². The molecular formula is C12H18F2N2S. The molecule has 1 aromatic rings. The van der Waals surface area contributed by atoms with Crippen LogP contribution in [0.2, 0.25) is 0 Å². The summed E-state index contributed by atoms with van der Waals surface area (Å²) in [5, 5.41) is 0. The van der Waals surface area contributed by atoms with Crippen molar-refractivity contribution in [3.05, 3.63) is 35.4 Å². The third-order valence-corrected chi connectivity index (χ3v) is 3.75. The highest BCUT2D eigenvalue weighted by Gasteiger charge is 2.14. The summed E-state index contributed by atoms with van der Waals surface area (Å²) in [5.41, 5.74) is 2.71. The fourth-order valence-corrected chi connectivity index (χ4v) is 2.46. The van der Waals surface area contributed by atoms with Crippen LogP contribution in [0.1, 0.15) is 18.9 Å². The Morgan fingerprint density at radius 2 is 2.00 bits per heavy atom. The first kappa shape index (κ1) is 14.4. The molecule has 5 heteroatoms. The first-order valence-corrected chi connectivity index (χ1v) is 6.81. The predicted molar refractivity (Wildman–Crippen MR) is 68.8 cm³/mol. The molecule has 0 fully saturated rings. The van der Waals surface area contributed by atoms with Gasteiger partial charge in [0.25, 0.3) is 0 Å². The molecule has 0 saturated carbocycles. The van der Waals surface area contributed by atoms with E-state index in [1.807, 2.05) is 0 Å². The van der Waals surface area contributed by atoms with E-state index in [2.05, 4.69) is 12.3 Å². The summed E-state index contributed by atoms with van der Waals surface area (Å²) >= 11 is 1.73. The van der Waals surface area contributed by atoms with Gasteiger partial charge >= 0.3 is 0 Å². The Balaban J connectivity index is 2.60. The third-order valence-electron chi connectivity index (χ3n) is 2.42. The predicted octanol–water partition coefficient (Wildman–Crippen LogP) is 2.48. The third kappa shape index (κ3) is 4.61. The fourth-order valence-electron chi connectivity index (χ4n) is 1.51. The summed E-state index contributed by atoms with van der Waals surface area (Å²) in [7, 11) is 0. The van der Waals surface area contributed by atoms with Gasteiger partial charge in [0.05, 0.1) is 0 Å². The van der Waals surface area contributed by atoms with E-state index in [4.69, 9.17) is 5.84 Å². The lowest BCUT2D eigenvalue weighted by Crippen LogP contribution is -2.39. The number of nitrogens with one attached hydrogen (secondary N) is 1. The van der Waals surface area contributed by atoms with Gasteiger partial charge in [-0.15, -0.1) is 0 Å². The molecule has 0 aliphatic rings. The molecule has 1 aromatic carbocycles. The van der Waals surface area contributed by atoms with Gasteiger partial charge in [0, 0.05) is 17.4 Å². The van der Waals surface area contributed by atoms with E-state index in [-0.39, 0.29) is 18.0 Å². The van der Waals surface area contributed by atoms with Gasteiger partial charge in [-0.25, -0.2) is 8.78 Å². The highest BCUT2D eigenvalue weighted by atomic mass is 32.2. The lowest BCUT2D eigenvalue weighted by atomic mass is 10.1. The summed E-state index contributed by atoms with van der Waals surface area (Å²) in [6, 6.07) is 3.79. The largest absolute Gasteiger partial charge is 0.271 e. The Kier molecular flexibility index (Phi) is 6.47. The van der Waals surface area contributed by atoms with Gasteiger partial charge in [0.15, 0.2) is 0 Å². The van der Waals surface area contributed by atoms with Crippen LogP contribution in [0.15, 0.2) is 18.2 Å². The van der Waals surface area contributed by atoms with Crippen molar-refractivity contribution in [2.75, 3.05) is 11.5 Å². The highest BCUT2D eigenvalue weighted by molar-refractivity contribution is 7.99. The lowest BCUT2D eigenvalue weighted by Gasteiger charge is -2.16. The Labute approximate surface area is 105 Å². The number of hydrogen-bond acceptors (Lipinski definition) is 3. The summed E-state index contributed by atoms with van der Waals surface area (Å²) in [6.07, 6.45) is 1.35. The van der Waals surface area contributed by atoms with Gasteiger partial charge in [0.1, 0.15) is 11.6 Å². The molecule has 17 heavy (non-hydrogen) atoms. The maximum atomic E-state index is 13.4. The topological polar surface area (TPSA) is 38.0 Å². The van der Waals surface area contributed by atoms with Crippen LogP contribution in [-0.4, -0.2) is 17.5 Å². The minimum atomic E-state index is -0.509. The van der Waals surface area contributed by atoms with E-state index in [0.717, 1.165) is 17.9 Å². The van der Waals surface area contributed by atoms with E-state index in [9.17, 15) is 8.78 Å². The molecule has 0 bridgehead atoms. The molecule has 1 rings (SSSR count). The summed E-state index contributed by atoms with van der Waals surface area (Å²) in [6.45, 7) is 2.09. The van der Waals surface area contributed by atoms with Gasteiger partial charge in [-0.1, -0.05) is 13.0 Å². The number of hydrazine groups is 1. The Morgan fingerprint density at radius 3 is 2.53 bits per heavy atom. The highest BCUT2D eigenvalue weighted by Crippen LogP contribution is 2.16. The zero-order valence-corrected chi connectivity index (χ0v) is 10.7. The number of nitrogens with two attached hydrogens (primary N) is 1. The lowest BCUT2D eigenvalue weighted by molar-refractivity contribution is 0.512.